The van der Waals surface area contributed by atoms with Crippen LogP contribution in [0.1, 0.15) is 0 Å². The van der Waals surface area contributed by atoms with E-state index in [0.717, 1.165) is 12.1 Å². The van der Waals surface area contributed by atoms with Crippen molar-refractivity contribution in [1.82, 2.24) is 0 Å². The van der Waals surface area contributed by atoms with Crippen LogP contribution in [0.15, 0.2) is 23.1 Å². The molecule has 11 heteroatoms. The summed E-state index contributed by atoms with van der Waals surface area (Å²) in [5.41, 5.74) is -0.417. The van der Waals surface area contributed by atoms with E-state index in [1.165, 1.54) is 0 Å². The third-order valence-corrected chi connectivity index (χ3v) is 3.35. The van der Waals surface area contributed by atoms with Gasteiger partial charge >= 0.3 is 6.18 Å². The van der Waals surface area contributed by atoms with Crippen LogP contribution in [0.2, 0.25) is 0 Å². The molecule has 21 heavy (non-hydrogen) atoms. The van der Waals surface area contributed by atoms with Crippen LogP contribution < -0.4 is 5.32 Å². The molecule has 118 valence electrons. The lowest BCUT2D eigenvalue weighted by molar-refractivity contribution is -0.174. The molecule has 0 aliphatic rings. The summed E-state index contributed by atoms with van der Waals surface area (Å²) in [6.07, 6.45) is -4.58. The lowest BCUT2D eigenvalue weighted by atomic mass is 10.3. The van der Waals surface area contributed by atoms with Crippen LogP contribution in [-0.2, 0) is 18.6 Å². The van der Waals surface area contributed by atoms with Gasteiger partial charge in [-0.3, -0.25) is 4.79 Å². The van der Waals surface area contributed by atoms with Crippen molar-refractivity contribution in [3.8, 4) is 0 Å². The van der Waals surface area contributed by atoms with Crippen molar-refractivity contribution < 1.29 is 35.5 Å². The van der Waals surface area contributed by atoms with Crippen molar-refractivity contribution in [2.45, 2.75) is 11.1 Å². The summed E-state index contributed by atoms with van der Waals surface area (Å²) in [4.78, 5) is 10.7. The normalized spacial score (nSPS) is 12.2. The minimum Gasteiger partial charge on any atom is -0.362 e. The molecule has 0 fully saturated rings. The monoisotopic (exact) mass is 349 g/mol. The average molecular weight is 350 g/mol. The van der Waals surface area contributed by atoms with E-state index in [4.69, 9.17) is 10.7 Å². The molecular weight excluding hydrogens is 342 g/mol. The summed E-state index contributed by atoms with van der Waals surface area (Å²) in [6, 6.07) is 2.40. The van der Waals surface area contributed by atoms with Gasteiger partial charge in [-0.05, 0) is 18.2 Å². The van der Waals surface area contributed by atoms with Gasteiger partial charge in [-0.25, -0.2) is 12.8 Å². The van der Waals surface area contributed by atoms with E-state index in [1.54, 1.807) is 0 Å². The fourth-order valence-electron chi connectivity index (χ4n) is 1.19. The summed E-state index contributed by atoms with van der Waals surface area (Å²) in [5, 5.41) is 1.93. The highest BCUT2D eigenvalue weighted by Crippen LogP contribution is 2.21. The Morgan fingerprint density at radius 1 is 1.33 bits per heavy atom. The lowest BCUT2D eigenvalue weighted by Gasteiger charge is -2.09. The van der Waals surface area contributed by atoms with Crippen molar-refractivity contribution in [3.63, 3.8) is 0 Å². The Kier molecular flexibility index (Phi) is 5.54. The van der Waals surface area contributed by atoms with Crippen LogP contribution in [0.4, 0.5) is 23.2 Å². The predicted octanol–water partition coefficient (Wildman–Crippen LogP) is 2.27. The number of ether oxygens (including phenoxy) is 1. The van der Waals surface area contributed by atoms with Gasteiger partial charge in [-0.2, -0.15) is 13.2 Å². The van der Waals surface area contributed by atoms with Gasteiger partial charge in [-0.1, -0.05) is 0 Å². The Balaban J connectivity index is 2.65. The van der Waals surface area contributed by atoms with Crippen LogP contribution in [0.25, 0.3) is 0 Å². The van der Waals surface area contributed by atoms with Crippen LogP contribution in [-0.4, -0.2) is 33.7 Å². The molecule has 0 aliphatic carbocycles. The highest BCUT2D eigenvalue weighted by molar-refractivity contribution is 8.13. The zero-order chi connectivity index (χ0) is 16.3. The Morgan fingerprint density at radius 3 is 2.43 bits per heavy atom. The first-order valence-corrected chi connectivity index (χ1v) is 7.48. The first kappa shape index (κ1) is 17.7. The quantitative estimate of drug-likeness (QED) is 0.654. The molecular formula is C10H8ClF4NO4S. The van der Waals surface area contributed by atoms with E-state index < -0.39 is 50.7 Å². The predicted molar refractivity (Wildman–Crippen MR) is 64.9 cm³/mol. The van der Waals surface area contributed by atoms with Crippen LogP contribution in [0, 0.1) is 5.82 Å². The van der Waals surface area contributed by atoms with Gasteiger partial charge in [0, 0.05) is 10.7 Å². The number of anilines is 1. The smallest absolute Gasteiger partial charge is 0.362 e. The summed E-state index contributed by atoms with van der Waals surface area (Å²) < 4.78 is 74.7. The van der Waals surface area contributed by atoms with Crippen molar-refractivity contribution in [2.24, 2.45) is 0 Å². The third kappa shape index (κ3) is 6.27. The topological polar surface area (TPSA) is 72.5 Å². The number of alkyl halides is 3. The number of halogens is 5. The number of amides is 1. The molecule has 0 saturated heterocycles. The van der Waals surface area contributed by atoms with Gasteiger partial charge in [0.25, 0.3) is 9.05 Å². The second-order valence-corrected chi connectivity index (χ2v) is 6.30. The Labute approximate surface area is 121 Å². The van der Waals surface area contributed by atoms with Crippen molar-refractivity contribution in [2.75, 3.05) is 18.5 Å². The average Bonchev–Trinajstić information content (AvgIpc) is 2.28. The summed E-state index contributed by atoms with van der Waals surface area (Å²) in [7, 11) is 0.860. The highest BCUT2D eigenvalue weighted by Gasteiger charge is 2.27. The number of nitrogens with one attached hydrogen (secondary N) is 1. The molecule has 1 N–H and O–H groups in total. The zero-order valence-corrected chi connectivity index (χ0v) is 11.6. The molecule has 0 radical (unpaired) electrons. The van der Waals surface area contributed by atoms with Crippen LogP contribution in [0.5, 0.6) is 0 Å². The van der Waals surface area contributed by atoms with E-state index in [2.05, 4.69) is 4.74 Å². The molecule has 0 heterocycles. The van der Waals surface area contributed by atoms with Gasteiger partial charge in [0.05, 0.1) is 10.6 Å². The molecule has 0 bridgehead atoms. The molecule has 0 saturated carbocycles. The Bertz CT molecular complexity index is 632. The maximum absolute atomic E-state index is 13.5. The van der Waals surface area contributed by atoms with Gasteiger partial charge in [-0.15, -0.1) is 0 Å². The molecule has 1 amide bonds. The van der Waals surface area contributed by atoms with E-state index in [1.807, 2.05) is 5.32 Å². The first-order chi connectivity index (χ1) is 9.49. The lowest BCUT2D eigenvalue weighted by Crippen LogP contribution is -2.24. The van der Waals surface area contributed by atoms with Crippen LogP contribution >= 0.6 is 10.7 Å². The number of carbonyl (C=O) groups excluding carboxylic acids is 1. The Hall–Kier alpha value is -1.39. The molecule has 0 atom stereocenters. The summed E-state index contributed by atoms with van der Waals surface area (Å²) in [6.45, 7) is -2.55. The minimum atomic E-state index is -4.58. The zero-order valence-electron chi connectivity index (χ0n) is 10.1. The number of hydrogen-bond acceptors (Lipinski definition) is 4. The van der Waals surface area contributed by atoms with Crippen LogP contribution in [0.3, 0.4) is 0 Å². The molecule has 1 aromatic rings. The second kappa shape index (κ2) is 6.58. The Morgan fingerprint density at radius 2 is 1.95 bits per heavy atom. The van der Waals surface area contributed by atoms with E-state index in [9.17, 15) is 30.8 Å². The van der Waals surface area contributed by atoms with Crippen molar-refractivity contribution in [3.05, 3.63) is 24.0 Å². The fraction of sp³-hybridized carbons (Fsp3) is 0.300. The maximum atomic E-state index is 13.5. The third-order valence-electron chi connectivity index (χ3n) is 2.00. The molecule has 0 spiro atoms. The largest absolute Gasteiger partial charge is 0.411 e. The van der Waals surface area contributed by atoms with Gasteiger partial charge in [0.1, 0.15) is 19.0 Å². The molecule has 5 nitrogen and oxygen atoms in total. The highest BCUT2D eigenvalue weighted by atomic mass is 35.7. The number of rotatable bonds is 5. The number of hydrogen-bond donors (Lipinski definition) is 1. The molecule has 1 rings (SSSR count). The standard InChI is InChI=1S/C10H8ClF4NO4S/c11-21(18,19)6-1-2-8(7(12)3-6)16-9(17)4-20-5-10(13,14)15/h1-3H,4-5H2,(H,16,17). The molecule has 0 aliphatic heterocycles. The first-order valence-electron chi connectivity index (χ1n) is 5.17. The summed E-state index contributed by atoms with van der Waals surface area (Å²) >= 11 is 0. The van der Waals surface area contributed by atoms with Gasteiger partial charge in [0.15, 0.2) is 0 Å². The fourth-order valence-corrected chi connectivity index (χ4v) is 1.96. The SMILES string of the molecule is O=C(COCC(F)(F)F)Nc1ccc(S(=O)(=O)Cl)cc1F. The number of carbonyl (C=O) groups is 1. The molecule has 0 aromatic heterocycles. The van der Waals surface area contributed by atoms with E-state index >= 15 is 0 Å². The van der Waals surface area contributed by atoms with E-state index in [-0.39, 0.29) is 0 Å². The second-order valence-electron chi connectivity index (χ2n) is 3.74. The van der Waals surface area contributed by atoms with Crippen molar-refractivity contribution >= 4 is 31.3 Å². The van der Waals surface area contributed by atoms with E-state index in [0.29, 0.717) is 6.07 Å². The van der Waals surface area contributed by atoms with Crippen molar-refractivity contribution in [1.29, 1.82) is 0 Å². The summed E-state index contributed by atoms with van der Waals surface area (Å²) in [5.74, 6) is -2.14. The van der Waals surface area contributed by atoms with Gasteiger partial charge < -0.3 is 10.1 Å². The number of benzene rings is 1. The molecule has 1 aromatic carbocycles. The minimum absolute atomic E-state index is 0.417. The maximum Gasteiger partial charge on any atom is 0.411 e. The molecule has 0 unspecified atom stereocenters. The van der Waals surface area contributed by atoms with Gasteiger partial charge in [0.2, 0.25) is 5.91 Å².